The molecule has 6 rings (SSSR count). The normalized spacial score (nSPS) is 14.4. The predicted molar refractivity (Wildman–Crippen MR) is 281 cm³/mol. The van der Waals surface area contributed by atoms with Crippen LogP contribution >= 0.6 is 0 Å². The first kappa shape index (κ1) is 61.5. The summed E-state index contributed by atoms with van der Waals surface area (Å²) < 4.78 is 16.5. The average Bonchev–Trinajstić information content (AvgIpc) is 4.33. The minimum absolute atomic E-state index is 0.00973. The number of aromatic nitrogens is 6. The van der Waals surface area contributed by atoms with E-state index in [1.54, 1.807) is 48.5 Å². The first-order chi connectivity index (χ1) is 39.3. The van der Waals surface area contributed by atoms with Crippen molar-refractivity contribution < 1.29 is 77.3 Å². The van der Waals surface area contributed by atoms with Gasteiger partial charge in [0.05, 0.1) is 45.5 Å². The highest BCUT2D eigenvalue weighted by Crippen LogP contribution is 2.24. The molecule has 3 aromatic heterocycles. The standard InChI is InChI=1S/C51H60N14O17/c1-28(2)22-35(50(75)64-16-9-14-37(64)47(72)56-43(30-12-7-4-8-13-30)49(74)57-42(29-10-5-3-6-11-29)48(73)54-36(51(76)77)26-41(67)68)53-40(66)27-82-21-20-81-19-18-80-17-15-52-45(70)34-24-38(62-61-34)55-46(71)33-23-31(58-60-33)44(69)32-25-39(63-59-32)65(78)79/h3-8,10-13,23-25,28,35-37,42-43H,9,14-22,26-27H2,1-2H3,(H,52,70)(H,53,66)(H,54,73)(H,56,72)(H,57,74)(H,58,60)(H,59,63)(H,67,68)(H,76,77)(H2,55,61,62,71)/t35-,36+,37-,42-,43-/m0/s1. The number of benzene rings is 2. The predicted octanol–water partition coefficient (Wildman–Crippen LogP) is 0.308. The van der Waals surface area contributed by atoms with Gasteiger partial charge in [-0.3, -0.25) is 53.3 Å². The molecule has 0 aliphatic carbocycles. The van der Waals surface area contributed by atoms with Crippen LogP contribution in [0.5, 0.6) is 0 Å². The Bertz CT molecular complexity index is 3070. The van der Waals surface area contributed by atoms with Crippen molar-refractivity contribution in [3.05, 3.63) is 123 Å². The van der Waals surface area contributed by atoms with Gasteiger partial charge in [-0.05, 0) is 41.2 Å². The molecule has 1 saturated heterocycles. The van der Waals surface area contributed by atoms with Gasteiger partial charge < -0.3 is 71.3 Å². The molecule has 1 aliphatic rings. The Balaban J connectivity index is 0.901. The summed E-state index contributed by atoms with van der Waals surface area (Å²) in [5, 5.41) is 63.2. The van der Waals surface area contributed by atoms with E-state index in [9.17, 15) is 68.3 Å². The molecule has 0 saturated carbocycles. The van der Waals surface area contributed by atoms with E-state index in [1.165, 1.54) is 23.1 Å². The summed E-state index contributed by atoms with van der Waals surface area (Å²) in [4.78, 5) is 142. The fourth-order valence-electron chi connectivity index (χ4n) is 8.25. The topological polar surface area (TPSA) is 443 Å². The quantitative estimate of drug-likeness (QED) is 0.0119. The maximum atomic E-state index is 14.2. The molecule has 0 spiro atoms. The lowest BCUT2D eigenvalue weighted by atomic mass is 10.0. The maximum Gasteiger partial charge on any atom is 0.343 e. The first-order valence-corrected chi connectivity index (χ1v) is 25.5. The van der Waals surface area contributed by atoms with Crippen molar-refractivity contribution in [3.8, 4) is 0 Å². The minimum Gasteiger partial charge on any atom is -0.481 e. The summed E-state index contributed by atoms with van der Waals surface area (Å²) in [6.45, 7) is 4.06. The van der Waals surface area contributed by atoms with E-state index in [0.717, 1.165) is 12.1 Å². The molecule has 0 unspecified atom stereocenters. The summed E-state index contributed by atoms with van der Waals surface area (Å²) in [6, 6.07) is 12.3. The number of ketones is 1. The molecule has 5 atom stereocenters. The van der Waals surface area contributed by atoms with Gasteiger partial charge >= 0.3 is 17.8 Å². The number of amides is 7. The Labute approximate surface area is 465 Å². The molecule has 31 nitrogen and oxygen atoms in total. The summed E-state index contributed by atoms with van der Waals surface area (Å²) in [5.74, 6) is -9.49. The van der Waals surface area contributed by atoms with Crippen LogP contribution in [-0.4, -0.2) is 181 Å². The van der Waals surface area contributed by atoms with E-state index in [2.05, 4.69) is 62.5 Å². The second-order valence-electron chi connectivity index (χ2n) is 18.7. The van der Waals surface area contributed by atoms with Gasteiger partial charge in [-0.25, -0.2) is 4.79 Å². The highest BCUT2D eigenvalue weighted by Gasteiger charge is 2.40. The Morgan fingerprint density at radius 2 is 1.29 bits per heavy atom. The Morgan fingerprint density at radius 3 is 1.91 bits per heavy atom. The van der Waals surface area contributed by atoms with E-state index >= 15 is 0 Å². The molecule has 1 aliphatic heterocycles. The number of carboxylic acids is 2. The third-order valence-corrected chi connectivity index (χ3v) is 12.2. The van der Waals surface area contributed by atoms with Crippen LogP contribution in [0.15, 0.2) is 78.9 Å². The van der Waals surface area contributed by atoms with Crippen molar-refractivity contribution in [1.29, 1.82) is 0 Å². The number of hydrogen-bond acceptors (Lipinski definition) is 18. The third kappa shape index (κ3) is 17.9. The largest absolute Gasteiger partial charge is 0.481 e. The fraction of sp³-hybridized carbons (Fsp3) is 0.392. The van der Waals surface area contributed by atoms with Crippen LogP contribution in [-0.2, 0) is 47.8 Å². The molecular formula is C51H60N14O17. The highest BCUT2D eigenvalue weighted by atomic mass is 16.6. The molecule has 1 fully saturated rings. The number of carbonyl (C=O) groups excluding carboxylic acids is 8. The van der Waals surface area contributed by atoms with Crippen molar-refractivity contribution >= 4 is 70.7 Å². The van der Waals surface area contributed by atoms with Gasteiger partial charge in [0.25, 0.3) is 11.8 Å². The molecule has 4 heterocycles. The SMILES string of the molecule is CC(C)C[C@H](NC(=O)COCCOCCOCCNC(=O)c1cc(NC(=O)c2cc(C(=O)c3cc([N+](=O)[O-])[nH]n3)n[nH]2)n[nH]1)C(=O)N1CCC[C@H]1C(=O)N[C@H](C(=O)N[C@H](C(=O)N[C@H](CC(=O)O)C(=O)O)c1ccccc1)c1ccccc1. The van der Waals surface area contributed by atoms with Crippen LogP contribution in [0.25, 0.3) is 0 Å². The minimum atomic E-state index is -1.82. The number of H-pyrrole nitrogens is 3. The number of nitrogens with one attached hydrogen (secondary N) is 9. The Hall–Kier alpha value is -9.75. The monoisotopic (exact) mass is 1140 g/mol. The van der Waals surface area contributed by atoms with Crippen LogP contribution in [0.1, 0.15) is 99.9 Å². The molecular weight excluding hydrogens is 1080 g/mol. The number of aliphatic carboxylic acids is 2. The number of carbonyl (C=O) groups is 10. The van der Waals surface area contributed by atoms with Gasteiger partial charge in [0.2, 0.25) is 35.3 Å². The third-order valence-electron chi connectivity index (χ3n) is 12.2. The van der Waals surface area contributed by atoms with E-state index in [1.807, 2.05) is 13.8 Å². The number of nitrogens with zero attached hydrogens (tertiary/aromatic N) is 5. The summed E-state index contributed by atoms with van der Waals surface area (Å²) >= 11 is 0. The molecule has 7 amide bonds. The zero-order valence-corrected chi connectivity index (χ0v) is 44.2. The number of carboxylic acid groups (broad SMARTS) is 2. The molecule has 11 N–H and O–H groups in total. The lowest BCUT2D eigenvalue weighted by Gasteiger charge is -2.31. The average molecular weight is 1140 g/mol. The van der Waals surface area contributed by atoms with Crippen molar-refractivity contribution in [1.82, 2.24) is 62.1 Å². The van der Waals surface area contributed by atoms with E-state index < -0.39 is 113 Å². The Kier molecular flexibility index (Phi) is 22.5. The number of rotatable bonds is 32. The number of hydrogen-bond donors (Lipinski definition) is 11. The van der Waals surface area contributed by atoms with Gasteiger partial charge in [-0.1, -0.05) is 79.6 Å². The first-order valence-electron chi connectivity index (χ1n) is 25.5. The molecule has 5 aromatic rings. The number of nitro groups is 1. The van der Waals surface area contributed by atoms with Crippen LogP contribution in [0.3, 0.4) is 0 Å². The molecule has 31 heteroatoms. The Morgan fingerprint density at radius 1 is 0.707 bits per heavy atom. The fourth-order valence-corrected chi connectivity index (χ4v) is 8.25. The molecule has 0 radical (unpaired) electrons. The highest BCUT2D eigenvalue weighted by molar-refractivity contribution is 6.09. The second kappa shape index (κ2) is 30.0. The number of aromatic amines is 3. The van der Waals surface area contributed by atoms with Gasteiger partial charge in [-0.15, -0.1) is 5.10 Å². The van der Waals surface area contributed by atoms with Crippen LogP contribution in [0.2, 0.25) is 0 Å². The van der Waals surface area contributed by atoms with Crippen molar-refractivity contribution in [3.63, 3.8) is 0 Å². The molecule has 436 valence electrons. The van der Waals surface area contributed by atoms with Gasteiger partial charge in [0.1, 0.15) is 53.9 Å². The lowest BCUT2D eigenvalue weighted by molar-refractivity contribution is -0.389. The number of likely N-dealkylation sites (tertiary alicyclic amines) is 1. The van der Waals surface area contributed by atoms with Gasteiger partial charge in [0, 0.05) is 25.2 Å². The van der Waals surface area contributed by atoms with E-state index in [0.29, 0.717) is 12.0 Å². The van der Waals surface area contributed by atoms with Crippen LogP contribution in [0, 0.1) is 16.0 Å². The number of ether oxygens (including phenoxy) is 3. The maximum absolute atomic E-state index is 14.2. The van der Waals surface area contributed by atoms with Crippen molar-refractivity contribution in [2.24, 2.45) is 5.92 Å². The zero-order valence-electron chi connectivity index (χ0n) is 44.2. The number of anilines is 1. The summed E-state index contributed by atoms with van der Waals surface area (Å²) in [6.07, 6.45) is -0.0735. The van der Waals surface area contributed by atoms with Gasteiger partial charge in [-0.2, -0.15) is 10.2 Å². The van der Waals surface area contributed by atoms with E-state index in [-0.39, 0.29) is 99.0 Å². The van der Waals surface area contributed by atoms with Crippen molar-refractivity contribution in [2.45, 2.75) is 69.7 Å². The zero-order chi connectivity index (χ0) is 59.3. The van der Waals surface area contributed by atoms with Gasteiger partial charge in [0.15, 0.2) is 11.5 Å². The molecule has 82 heavy (non-hydrogen) atoms. The van der Waals surface area contributed by atoms with Crippen molar-refractivity contribution in [2.75, 3.05) is 58.0 Å². The van der Waals surface area contributed by atoms with Crippen LogP contribution < -0.4 is 31.9 Å². The lowest BCUT2D eigenvalue weighted by Crippen LogP contribution is -2.55. The molecule has 0 bridgehead atoms. The second-order valence-corrected chi connectivity index (χ2v) is 18.7. The van der Waals surface area contributed by atoms with Crippen LogP contribution in [0.4, 0.5) is 11.6 Å². The summed E-state index contributed by atoms with van der Waals surface area (Å²) in [5.41, 5.74) is -0.109. The smallest absolute Gasteiger partial charge is 0.343 e. The van der Waals surface area contributed by atoms with E-state index in [4.69, 9.17) is 14.2 Å². The molecule has 2 aromatic carbocycles. The summed E-state index contributed by atoms with van der Waals surface area (Å²) in [7, 11) is 0.